The molecule has 0 fully saturated rings. The average molecular weight is 358 g/mol. The summed E-state index contributed by atoms with van der Waals surface area (Å²) in [6.07, 6.45) is 0. The minimum absolute atomic E-state index is 0.140. The minimum atomic E-state index is -0.748. The fraction of sp³-hybridized carbons (Fsp3) is 0.300. The van der Waals surface area contributed by atoms with Crippen molar-refractivity contribution in [2.45, 2.75) is 26.8 Å². The van der Waals surface area contributed by atoms with Crippen LogP contribution < -0.4 is 15.4 Å². The molecular formula is C20H23FN2O3. The molecule has 0 bridgehead atoms. The van der Waals surface area contributed by atoms with Gasteiger partial charge < -0.3 is 15.4 Å². The summed E-state index contributed by atoms with van der Waals surface area (Å²) in [6.45, 7) is 5.94. The molecular weight excluding hydrogens is 335 g/mol. The smallest absolute Gasteiger partial charge is 0.255 e. The minimum Gasteiger partial charge on any atom is -0.493 e. The Kier molecular flexibility index (Phi) is 6.72. The number of amides is 2. The lowest BCUT2D eigenvalue weighted by Gasteiger charge is -2.22. The van der Waals surface area contributed by atoms with E-state index in [4.69, 9.17) is 4.74 Å². The van der Waals surface area contributed by atoms with Crippen LogP contribution in [0.4, 0.5) is 10.1 Å². The molecule has 1 atom stereocenters. The van der Waals surface area contributed by atoms with Crippen molar-refractivity contribution in [3.8, 4) is 5.75 Å². The van der Waals surface area contributed by atoms with Crippen molar-refractivity contribution in [1.29, 1.82) is 0 Å². The SMILES string of the molecule is CCOc1ccccc1C(=O)N[C@H](C(=O)Nc1ccc(F)cc1)C(C)C. The van der Waals surface area contributed by atoms with Crippen LogP contribution in [0.2, 0.25) is 0 Å². The molecule has 0 heterocycles. The maximum atomic E-state index is 13.0. The molecule has 2 amide bonds. The summed E-state index contributed by atoms with van der Waals surface area (Å²) in [7, 11) is 0. The van der Waals surface area contributed by atoms with Gasteiger partial charge in [0.05, 0.1) is 12.2 Å². The van der Waals surface area contributed by atoms with Crippen LogP contribution in [0, 0.1) is 11.7 Å². The van der Waals surface area contributed by atoms with Crippen molar-refractivity contribution in [2.24, 2.45) is 5.92 Å². The standard InChI is InChI=1S/C20H23FN2O3/c1-4-26-17-8-6-5-7-16(17)19(24)23-18(13(2)3)20(25)22-15-11-9-14(21)10-12-15/h5-13,18H,4H2,1-3H3,(H,22,25)(H,23,24)/t18-/m0/s1. The van der Waals surface area contributed by atoms with E-state index in [2.05, 4.69) is 10.6 Å². The maximum absolute atomic E-state index is 13.0. The Labute approximate surface area is 152 Å². The number of carbonyl (C=O) groups is 2. The van der Waals surface area contributed by atoms with E-state index in [1.165, 1.54) is 24.3 Å². The first kappa shape index (κ1) is 19.4. The molecule has 0 saturated heterocycles. The molecule has 0 spiro atoms. The first-order valence-corrected chi connectivity index (χ1v) is 8.51. The molecule has 0 saturated carbocycles. The summed E-state index contributed by atoms with van der Waals surface area (Å²) in [5, 5.41) is 5.45. The lowest BCUT2D eigenvalue weighted by Crippen LogP contribution is -2.47. The topological polar surface area (TPSA) is 67.4 Å². The number of benzene rings is 2. The number of carbonyl (C=O) groups excluding carboxylic acids is 2. The molecule has 2 aromatic carbocycles. The van der Waals surface area contributed by atoms with E-state index in [1.807, 2.05) is 20.8 Å². The first-order chi connectivity index (χ1) is 12.4. The van der Waals surface area contributed by atoms with Gasteiger partial charge >= 0.3 is 0 Å². The zero-order valence-electron chi connectivity index (χ0n) is 15.1. The van der Waals surface area contributed by atoms with Crippen molar-refractivity contribution in [3.05, 3.63) is 59.9 Å². The zero-order valence-corrected chi connectivity index (χ0v) is 15.1. The Bertz CT molecular complexity index is 760. The van der Waals surface area contributed by atoms with Crippen LogP contribution in [-0.2, 0) is 4.79 Å². The Morgan fingerprint density at radius 1 is 1.08 bits per heavy atom. The molecule has 0 aliphatic heterocycles. The predicted octanol–water partition coefficient (Wildman–Crippen LogP) is 3.62. The fourth-order valence-electron chi connectivity index (χ4n) is 2.44. The van der Waals surface area contributed by atoms with Gasteiger partial charge in [0.1, 0.15) is 17.6 Å². The van der Waals surface area contributed by atoms with Crippen molar-refractivity contribution < 1.29 is 18.7 Å². The third kappa shape index (κ3) is 5.05. The van der Waals surface area contributed by atoms with Crippen LogP contribution in [0.1, 0.15) is 31.1 Å². The number of rotatable bonds is 7. The highest BCUT2D eigenvalue weighted by Crippen LogP contribution is 2.19. The molecule has 2 N–H and O–H groups in total. The van der Waals surface area contributed by atoms with Gasteiger partial charge in [0.25, 0.3) is 5.91 Å². The third-order valence-corrected chi connectivity index (χ3v) is 3.78. The van der Waals surface area contributed by atoms with Gasteiger partial charge in [0.2, 0.25) is 5.91 Å². The Morgan fingerprint density at radius 3 is 2.35 bits per heavy atom. The van der Waals surface area contributed by atoms with E-state index in [-0.39, 0.29) is 23.5 Å². The van der Waals surface area contributed by atoms with E-state index in [1.54, 1.807) is 24.3 Å². The van der Waals surface area contributed by atoms with Gasteiger partial charge in [0, 0.05) is 5.69 Å². The number of nitrogens with one attached hydrogen (secondary N) is 2. The molecule has 0 aromatic heterocycles. The number of halogens is 1. The van der Waals surface area contributed by atoms with E-state index in [0.717, 1.165) is 0 Å². The van der Waals surface area contributed by atoms with Crippen LogP contribution >= 0.6 is 0 Å². The Morgan fingerprint density at radius 2 is 1.73 bits per heavy atom. The summed E-state index contributed by atoms with van der Waals surface area (Å²) < 4.78 is 18.5. The summed E-state index contributed by atoms with van der Waals surface area (Å²) >= 11 is 0. The summed E-state index contributed by atoms with van der Waals surface area (Å²) in [5.41, 5.74) is 0.834. The molecule has 6 heteroatoms. The molecule has 5 nitrogen and oxygen atoms in total. The summed E-state index contributed by atoms with van der Waals surface area (Å²) in [4.78, 5) is 25.2. The molecule has 138 valence electrons. The quantitative estimate of drug-likeness (QED) is 0.794. The maximum Gasteiger partial charge on any atom is 0.255 e. The van der Waals surface area contributed by atoms with Crippen molar-refractivity contribution in [3.63, 3.8) is 0 Å². The lowest BCUT2D eigenvalue weighted by atomic mass is 10.0. The highest BCUT2D eigenvalue weighted by Gasteiger charge is 2.26. The van der Waals surface area contributed by atoms with Crippen LogP contribution in [0.3, 0.4) is 0 Å². The van der Waals surface area contributed by atoms with Gasteiger partial charge in [-0.2, -0.15) is 0 Å². The first-order valence-electron chi connectivity index (χ1n) is 8.51. The monoisotopic (exact) mass is 358 g/mol. The predicted molar refractivity (Wildman–Crippen MR) is 98.7 cm³/mol. The normalized spacial score (nSPS) is 11.7. The summed E-state index contributed by atoms with van der Waals surface area (Å²) in [5.74, 6) is -0.812. The van der Waals surface area contributed by atoms with Crippen molar-refractivity contribution in [2.75, 3.05) is 11.9 Å². The van der Waals surface area contributed by atoms with E-state index < -0.39 is 6.04 Å². The second kappa shape index (κ2) is 8.99. The molecule has 2 aromatic rings. The van der Waals surface area contributed by atoms with Gasteiger partial charge in [-0.15, -0.1) is 0 Å². The number of para-hydroxylation sites is 1. The average Bonchev–Trinajstić information content (AvgIpc) is 2.61. The van der Waals surface area contributed by atoms with Gasteiger partial charge in [-0.05, 0) is 49.2 Å². The number of ether oxygens (including phenoxy) is 1. The van der Waals surface area contributed by atoms with Crippen LogP contribution in [0.25, 0.3) is 0 Å². The molecule has 26 heavy (non-hydrogen) atoms. The number of anilines is 1. The molecule has 2 rings (SSSR count). The highest BCUT2D eigenvalue weighted by atomic mass is 19.1. The second-order valence-corrected chi connectivity index (χ2v) is 6.12. The zero-order chi connectivity index (χ0) is 19.1. The number of hydrogen-bond acceptors (Lipinski definition) is 3. The van der Waals surface area contributed by atoms with Gasteiger partial charge in [-0.3, -0.25) is 9.59 Å². The molecule has 0 radical (unpaired) electrons. The Hall–Kier alpha value is -2.89. The van der Waals surface area contributed by atoms with Gasteiger partial charge in [0.15, 0.2) is 0 Å². The van der Waals surface area contributed by atoms with E-state index >= 15 is 0 Å². The van der Waals surface area contributed by atoms with Gasteiger partial charge in [-0.1, -0.05) is 26.0 Å². The number of hydrogen-bond donors (Lipinski definition) is 2. The lowest BCUT2D eigenvalue weighted by molar-refractivity contribution is -0.118. The second-order valence-electron chi connectivity index (χ2n) is 6.12. The highest BCUT2D eigenvalue weighted by molar-refractivity contribution is 6.02. The van der Waals surface area contributed by atoms with E-state index in [9.17, 15) is 14.0 Å². The van der Waals surface area contributed by atoms with Crippen molar-refractivity contribution >= 4 is 17.5 Å². The van der Waals surface area contributed by atoms with Crippen LogP contribution in [0.5, 0.6) is 5.75 Å². The summed E-state index contributed by atoms with van der Waals surface area (Å²) in [6, 6.07) is 11.6. The van der Waals surface area contributed by atoms with E-state index in [0.29, 0.717) is 23.6 Å². The van der Waals surface area contributed by atoms with Crippen LogP contribution in [-0.4, -0.2) is 24.5 Å². The van der Waals surface area contributed by atoms with Crippen molar-refractivity contribution in [1.82, 2.24) is 5.32 Å². The molecule has 0 aliphatic carbocycles. The molecule has 0 aliphatic rings. The van der Waals surface area contributed by atoms with Gasteiger partial charge in [-0.25, -0.2) is 4.39 Å². The Balaban J connectivity index is 2.13. The molecule has 0 unspecified atom stereocenters. The largest absolute Gasteiger partial charge is 0.493 e. The fourth-order valence-corrected chi connectivity index (χ4v) is 2.44. The third-order valence-electron chi connectivity index (χ3n) is 3.78. The van der Waals surface area contributed by atoms with Crippen LogP contribution in [0.15, 0.2) is 48.5 Å².